The Morgan fingerprint density at radius 2 is 0.793 bits per heavy atom. The Hall–Kier alpha value is -11.1. The zero-order chi connectivity index (χ0) is 77.6. The van der Waals surface area contributed by atoms with E-state index in [-0.39, 0.29) is 0 Å². The number of anilines is 3. The molecule has 15 aromatic rings. The Kier molecular flexibility index (Phi) is 20.7. The number of hydrogen-bond donors (Lipinski definition) is 4. The molecule has 7 N–H and O–H groups in total. The predicted octanol–water partition coefficient (Wildman–Crippen LogP) is 16.2. The molecular weight excluding hydrogens is 1460 g/mol. The smallest absolute Gasteiger partial charge is 0.150 e. The molecule has 4 saturated heterocycles. The Morgan fingerprint density at radius 1 is 0.397 bits per heavy atom. The lowest BCUT2D eigenvalue weighted by Gasteiger charge is -2.46. The number of thioether (sulfide) groups is 1. The minimum Gasteiger partial charge on any atom is -0.382 e. The van der Waals surface area contributed by atoms with Gasteiger partial charge in [0.15, 0.2) is 0 Å². The van der Waals surface area contributed by atoms with Crippen LogP contribution in [-0.4, -0.2) is 186 Å². The molecule has 7 aliphatic rings. The highest BCUT2D eigenvalue weighted by Crippen LogP contribution is 2.47. The van der Waals surface area contributed by atoms with Crippen molar-refractivity contribution in [1.29, 1.82) is 0 Å². The average molecular weight is 1560 g/mol. The number of morpholine rings is 1. The summed E-state index contributed by atoms with van der Waals surface area (Å²) >= 11 is 2.04. The molecular formula is C94H98N20OS. The van der Waals surface area contributed by atoms with Crippen LogP contribution in [0.3, 0.4) is 0 Å². The number of rotatable bonds is 17. The molecule has 3 aliphatic carbocycles. The molecule has 0 radical (unpaired) electrons. The Labute approximate surface area is 679 Å². The molecule has 7 fully saturated rings. The van der Waals surface area contributed by atoms with Crippen LogP contribution in [0.4, 0.5) is 17.5 Å². The number of nitrogens with one attached hydrogen (secondary N) is 1. The topological polar surface area (TPSA) is 242 Å². The van der Waals surface area contributed by atoms with Crippen molar-refractivity contribution in [3.05, 3.63) is 237 Å². The number of ether oxygens (including phenoxy) is 1. The number of fused-ring (bicyclic) bond motifs is 6. The fourth-order valence-corrected chi connectivity index (χ4v) is 20.0. The lowest BCUT2D eigenvalue weighted by atomic mass is 9.78. The molecule has 22 heteroatoms. The van der Waals surface area contributed by atoms with Crippen molar-refractivity contribution in [3.63, 3.8) is 0 Å². The van der Waals surface area contributed by atoms with Gasteiger partial charge in [0.05, 0.1) is 46.8 Å². The van der Waals surface area contributed by atoms with Crippen LogP contribution in [0.25, 0.3) is 117 Å². The van der Waals surface area contributed by atoms with Crippen LogP contribution in [0.15, 0.2) is 219 Å². The number of pyridine rings is 3. The molecule has 0 bridgehead atoms. The molecule has 0 unspecified atom stereocenters. The van der Waals surface area contributed by atoms with Gasteiger partial charge in [-0.2, -0.15) is 0 Å². The second kappa shape index (κ2) is 32.5. The first-order chi connectivity index (χ1) is 57.2. The van der Waals surface area contributed by atoms with E-state index in [0.29, 0.717) is 53.3 Å². The molecule has 0 spiro atoms. The molecule has 9 aromatic heterocycles. The van der Waals surface area contributed by atoms with Gasteiger partial charge in [-0.05, 0) is 146 Å². The number of hydrogen-bond acceptors (Lipinski definition) is 19. The SMILES string of the molecule is Nc1nccn2c(C3CC(N4CCC(N5CCCC5)CC4)C3)nc(-c3ccc4ccc(-c5ccccc5)nc4c3)c12.Nc1nccn2c(C3CC(N4CCSC4)C3)nc(-c3ccc4ccc(-c5ccccc5)nc4c3)c12.Nc1nccn2c(C3CC(NCCCN4CCOCC4)C3)nc(-c3ccc4ccc(-c5ccccc5)nc4c3)c12. The summed E-state index contributed by atoms with van der Waals surface area (Å²) in [6, 6.07) is 65.4. The summed E-state index contributed by atoms with van der Waals surface area (Å²) < 4.78 is 12.0. The first kappa shape index (κ1) is 73.8. The predicted molar refractivity (Wildman–Crippen MR) is 467 cm³/mol. The maximum atomic E-state index is 6.49. The number of aromatic nitrogens is 12. The first-order valence-electron chi connectivity index (χ1n) is 41.8. The van der Waals surface area contributed by atoms with E-state index in [1.807, 2.05) is 84.9 Å². The minimum atomic E-state index is 0.392. The number of nitrogens with two attached hydrogens (primary N) is 3. The van der Waals surface area contributed by atoms with Gasteiger partial charge < -0.3 is 37.1 Å². The van der Waals surface area contributed by atoms with Gasteiger partial charge in [-0.15, -0.1) is 11.8 Å². The fraction of sp³-hybridized carbons (Fsp3) is 0.330. The average Bonchev–Trinajstić information content (AvgIpc) is 1.61. The first-order valence-corrected chi connectivity index (χ1v) is 42.9. The molecule has 4 aliphatic heterocycles. The third-order valence-electron chi connectivity index (χ3n) is 25.6. The van der Waals surface area contributed by atoms with E-state index >= 15 is 0 Å². The molecule has 0 atom stereocenters. The Balaban J connectivity index is 0.000000113. The van der Waals surface area contributed by atoms with Gasteiger partial charge in [-0.1, -0.05) is 146 Å². The zero-order valence-electron chi connectivity index (χ0n) is 65.5. The summed E-state index contributed by atoms with van der Waals surface area (Å²) in [6.07, 6.45) is 24.7. The highest BCUT2D eigenvalue weighted by molar-refractivity contribution is 7.99. The summed E-state index contributed by atoms with van der Waals surface area (Å²) in [6.45, 7) is 12.3. The molecule has 116 heavy (non-hydrogen) atoms. The molecule has 0 amide bonds. The summed E-state index contributed by atoms with van der Waals surface area (Å²) in [4.78, 5) is 54.4. The van der Waals surface area contributed by atoms with Gasteiger partial charge in [0, 0.05) is 160 Å². The van der Waals surface area contributed by atoms with Crippen LogP contribution in [0.5, 0.6) is 0 Å². The van der Waals surface area contributed by atoms with Crippen molar-refractivity contribution in [1.82, 2.24) is 83.0 Å². The number of nitrogen functional groups attached to an aromatic ring is 3. The van der Waals surface area contributed by atoms with Gasteiger partial charge in [-0.25, -0.2) is 44.9 Å². The highest BCUT2D eigenvalue weighted by atomic mass is 32.2. The van der Waals surface area contributed by atoms with Gasteiger partial charge in [0.25, 0.3) is 0 Å². The molecule has 3 saturated carbocycles. The summed E-state index contributed by atoms with van der Waals surface area (Å²) in [5.74, 6) is 8.49. The van der Waals surface area contributed by atoms with E-state index in [9.17, 15) is 0 Å². The van der Waals surface area contributed by atoms with E-state index in [2.05, 4.69) is 180 Å². The van der Waals surface area contributed by atoms with Crippen LogP contribution in [0.1, 0.15) is 106 Å². The number of likely N-dealkylation sites (tertiary alicyclic amines) is 2. The Morgan fingerprint density at radius 3 is 1.21 bits per heavy atom. The van der Waals surface area contributed by atoms with E-state index in [1.54, 1.807) is 18.6 Å². The van der Waals surface area contributed by atoms with Crippen molar-refractivity contribution in [2.24, 2.45) is 0 Å². The maximum Gasteiger partial charge on any atom is 0.150 e. The van der Waals surface area contributed by atoms with E-state index in [4.69, 9.17) is 51.8 Å². The molecule has 21 nitrogen and oxygen atoms in total. The van der Waals surface area contributed by atoms with Crippen molar-refractivity contribution >= 4 is 78.5 Å². The number of piperidine rings is 1. The van der Waals surface area contributed by atoms with Gasteiger partial charge in [-0.3, -0.25) is 23.0 Å². The largest absolute Gasteiger partial charge is 0.382 e. The highest BCUT2D eigenvalue weighted by Gasteiger charge is 2.42. The second-order valence-electron chi connectivity index (χ2n) is 32.6. The number of imidazole rings is 3. The van der Waals surface area contributed by atoms with Gasteiger partial charge in [0.2, 0.25) is 0 Å². The van der Waals surface area contributed by atoms with E-state index < -0.39 is 0 Å². The third kappa shape index (κ3) is 14.9. The monoisotopic (exact) mass is 1550 g/mol. The minimum absolute atomic E-state index is 0.392. The molecule has 6 aromatic carbocycles. The number of benzene rings is 6. The van der Waals surface area contributed by atoms with Crippen LogP contribution in [0, 0.1) is 0 Å². The fourth-order valence-electron chi connectivity index (χ4n) is 18.9. The van der Waals surface area contributed by atoms with E-state index in [1.165, 1.54) is 70.6 Å². The summed E-state index contributed by atoms with van der Waals surface area (Å²) in [5, 5.41) is 7.07. The maximum absolute atomic E-state index is 6.49. The zero-order valence-corrected chi connectivity index (χ0v) is 66.3. The van der Waals surface area contributed by atoms with Gasteiger partial charge in [0.1, 0.15) is 68.6 Å². The van der Waals surface area contributed by atoms with Crippen molar-refractivity contribution in [2.45, 2.75) is 113 Å². The third-order valence-corrected chi connectivity index (χ3v) is 26.5. The van der Waals surface area contributed by atoms with Crippen molar-refractivity contribution < 1.29 is 4.74 Å². The van der Waals surface area contributed by atoms with Crippen molar-refractivity contribution in [3.8, 4) is 67.5 Å². The number of nitrogens with zero attached hydrogens (tertiary/aromatic N) is 16. The molecule has 22 rings (SSSR count). The van der Waals surface area contributed by atoms with Crippen LogP contribution in [-0.2, 0) is 4.74 Å². The normalized spacial score (nSPS) is 20.9. The second-order valence-corrected chi connectivity index (χ2v) is 33.7. The van der Waals surface area contributed by atoms with Crippen LogP contribution < -0.4 is 22.5 Å². The quantitative estimate of drug-likeness (QED) is 0.0619. The van der Waals surface area contributed by atoms with Gasteiger partial charge >= 0.3 is 0 Å². The summed E-state index contributed by atoms with van der Waals surface area (Å²) in [7, 11) is 0. The summed E-state index contributed by atoms with van der Waals surface area (Å²) in [5.41, 5.74) is 36.8. The van der Waals surface area contributed by atoms with Crippen LogP contribution >= 0.6 is 11.8 Å². The molecule has 586 valence electrons. The standard InChI is InChI=1S/C34H37N7.C32H35N7O.C28H26N6S/c35-33-32-31(25-9-8-24-10-11-29(37-30(24)22-25)23-6-2-1-3-7-23)38-34(41(32)19-14-36-33)26-20-28(21-26)40-17-12-27(13-18-40)39-15-4-5-16-39;33-31-30-29(24-8-7-23-9-10-27(36-28(23)21-24)22-5-2-1-3-6-22)37-32(39(30)14-12-35-31)25-19-26(20-25)34-11-4-13-38-15-17-40-18-16-38;29-27-26-25(20-7-6-19-8-9-23(31-24(19)16-20)18-4-2-1-3-5-18)32-28(34(26)11-10-30-27)21-14-22(15-21)33-12-13-35-17-33/h1-3,6-11,14,19,22,26-28H,4-5,12-13,15-18,20-21H2,(H2,35,36);1-3,5-10,12,14,21,25-26,34H,4,11,13,15-20H2,(H2,33,35);1-11,16,21-22H,12-15,17H2,(H2,29,30). The van der Waals surface area contributed by atoms with Crippen molar-refractivity contribution in [2.75, 3.05) is 101 Å². The lowest BCUT2D eigenvalue weighted by molar-refractivity contribution is 0.0372. The lowest BCUT2D eigenvalue weighted by Crippen LogP contribution is -2.51. The van der Waals surface area contributed by atoms with E-state index in [0.717, 1.165) is 224 Å². The van der Waals surface area contributed by atoms with Crippen LogP contribution in [0.2, 0.25) is 0 Å². The molecule has 13 heterocycles. The Bertz CT molecular complexity index is 6010.